The van der Waals surface area contributed by atoms with E-state index in [9.17, 15) is 9.59 Å². The highest BCUT2D eigenvalue weighted by atomic mass is 35.5. The monoisotopic (exact) mass is 241 g/mol. The summed E-state index contributed by atoms with van der Waals surface area (Å²) >= 11 is 5.71. The van der Waals surface area contributed by atoms with E-state index in [0.29, 0.717) is 11.6 Å². The molecule has 0 unspecified atom stereocenters. The number of amides is 1. The zero-order valence-corrected chi connectivity index (χ0v) is 9.33. The molecule has 0 atom stereocenters. The van der Waals surface area contributed by atoms with Gasteiger partial charge >= 0.3 is 5.97 Å². The molecule has 0 saturated carbocycles. The molecule has 0 aliphatic rings. The van der Waals surface area contributed by atoms with Crippen LogP contribution in [-0.4, -0.2) is 17.0 Å². The third kappa shape index (κ3) is 4.79. The Hall–Kier alpha value is -1.55. The average Bonchev–Trinajstić information content (AvgIpc) is 2.25. The van der Waals surface area contributed by atoms with Crippen molar-refractivity contribution in [2.24, 2.45) is 0 Å². The second-order valence-corrected chi connectivity index (χ2v) is 3.73. The predicted molar refractivity (Wildman–Crippen MR) is 60.2 cm³/mol. The maximum atomic E-state index is 11.2. The molecular weight excluding hydrogens is 230 g/mol. The first kappa shape index (κ1) is 12.5. The van der Waals surface area contributed by atoms with Crippen LogP contribution in [0.25, 0.3) is 0 Å². The van der Waals surface area contributed by atoms with Crippen molar-refractivity contribution in [3.8, 4) is 0 Å². The van der Waals surface area contributed by atoms with E-state index in [0.717, 1.165) is 5.56 Å². The van der Waals surface area contributed by atoms with Crippen molar-refractivity contribution < 1.29 is 14.7 Å². The Kier molecular flexibility index (Phi) is 4.79. The number of aliphatic carboxylic acids is 1. The van der Waals surface area contributed by atoms with Gasteiger partial charge in [0.15, 0.2) is 0 Å². The molecule has 86 valence electrons. The van der Waals surface area contributed by atoms with Crippen molar-refractivity contribution in [1.29, 1.82) is 0 Å². The quantitative estimate of drug-likeness (QED) is 0.826. The minimum absolute atomic E-state index is 0.00290. The van der Waals surface area contributed by atoms with E-state index in [4.69, 9.17) is 16.7 Å². The largest absolute Gasteiger partial charge is 0.481 e. The second kappa shape index (κ2) is 6.12. The van der Waals surface area contributed by atoms with Crippen molar-refractivity contribution in [3.05, 3.63) is 34.9 Å². The highest BCUT2D eigenvalue weighted by Crippen LogP contribution is 2.09. The van der Waals surface area contributed by atoms with Crippen LogP contribution in [0.5, 0.6) is 0 Å². The molecule has 1 rings (SSSR count). The Morgan fingerprint density at radius 3 is 2.38 bits per heavy atom. The number of carboxylic acid groups (broad SMARTS) is 1. The standard InChI is InChI=1S/C11H12ClNO3/c12-9-3-1-8(2-4-9)7-13-10(14)5-6-11(15)16/h1-4H,5-7H2,(H,13,14)(H,15,16). The van der Waals surface area contributed by atoms with Gasteiger partial charge in [0, 0.05) is 18.0 Å². The highest BCUT2D eigenvalue weighted by molar-refractivity contribution is 6.30. The van der Waals surface area contributed by atoms with Crippen LogP contribution in [0.3, 0.4) is 0 Å². The molecule has 1 aromatic carbocycles. The molecule has 0 heterocycles. The van der Waals surface area contributed by atoms with E-state index in [-0.39, 0.29) is 18.7 Å². The lowest BCUT2D eigenvalue weighted by atomic mass is 10.2. The molecule has 0 aliphatic carbocycles. The number of carbonyl (C=O) groups excluding carboxylic acids is 1. The zero-order chi connectivity index (χ0) is 12.0. The fourth-order valence-corrected chi connectivity index (χ4v) is 1.24. The normalized spacial score (nSPS) is 9.81. The Morgan fingerprint density at radius 1 is 1.19 bits per heavy atom. The maximum Gasteiger partial charge on any atom is 0.303 e. The lowest BCUT2D eigenvalue weighted by Crippen LogP contribution is -2.23. The Labute approximate surface area is 98.2 Å². The topological polar surface area (TPSA) is 66.4 Å². The number of carbonyl (C=O) groups is 2. The number of hydrogen-bond acceptors (Lipinski definition) is 2. The summed E-state index contributed by atoms with van der Waals surface area (Å²) in [7, 11) is 0. The van der Waals surface area contributed by atoms with Crippen LogP contribution in [0.15, 0.2) is 24.3 Å². The van der Waals surface area contributed by atoms with Crippen LogP contribution in [0.2, 0.25) is 5.02 Å². The number of halogens is 1. The summed E-state index contributed by atoms with van der Waals surface area (Å²) in [6.07, 6.45) is -0.143. The van der Waals surface area contributed by atoms with Gasteiger partial charge in [0.2, 0.25) is 5.91 Å². The van der Waals surface area contributed by atoms with E-state index in [1.165, 1.54) is 0 Å². The van der Waals surface area contributed by atoms with Gasteiger partial charge < -0.3 is 10.4 Å². The third-order valence-electron chi connectivity index (χ3n) is 1.97. The first-order valence-electron chi connectivity index (χ1n) is 4.81. The van der Waals surface area contributed by atoms with Crippen LogP contribution in [-0.2, 0) is 16.1 Å². The van der Waals surface area contributed by atoms with Crippen molar-refractivity contribution in [2.45, 2.75) is 19.4 Å². The molecule has 0 aromatic heterocycles. The van der Waals surface area contributed by atoms with Crippen molar-refractivity contribution in [3.63, 3.8) is 0 Å². The summed E-state index contributed by atoms with van der Waals surface area (Å²) in [5, 5.41) is 11.7. The molecule has 1 aromatic rings. The average molecular weight is 242 g/mol. The third-order valence-corrected chi connectivity index (χ3v) is 2.22. The molecule has 0 bridgehead atoms. The van der Waals surface area contributed by atoms with Gasteiger partial charge in [-0.1, -0.05) is 23.7 Å². The maximum absolute atomic E-state index is 11.2. The molecule has 0 aliphatic heterocycles. The Morgan fingerprint density at radius 2 is 1.81 bits per heavy atom. The molecule has 0 saturated heterocycles. The fourth-order valence-electron chi connectivity index (χ4n) is 1.11. The molecule has 16 heavy (non-hydrogen) atoms. The van der Waals surface area contributed by atoms with Gasteiger partial charge in [0.25, 0.3) is 0 Å². The molecule has 2 N–H and O–H groups in total. The SMILES string of the molecule is O=C(O)CCC(=O)NCc1ccc(Cl)cc1. The molecular formula is C11H12ClNO3. The number of rotatable bonds is 5. The van der Waals surface area contributed by atoms with E-state index < -0.39 is 5.97 Å². The highest BCUT2D eigenvalue weighted by Gasteiger charge is 2.04. The van der Waals surface area contributed by atoms with E-state index in [1.54, 1.807) is 24.3 Å². The van der Waals surface area contributed by atoms with Crippen LogP contribution in [0.1, 0.15) is 18.4 Å². The van der Waals surface area contributed by atoms with Crippen LogP contribution >= 0.6 is 11.6 Å². The van der Waals surface area contributed by atoms with E-state index in [2.05, 4.69) is 5.32 Å². The van der Waals surface area contributed by atoms with E-state index >= 15 is 0 Å². The molecule has 5 heteroatoms. The van der Waals surface area contributed by atoms with Gasteiger partial charge in [0.05, 0.1) is 6.42 Å². The summed E-state index contributed by atoms with van der Waals surface area (Å²) < 4.78 is 0. The molecule has 4 nitrogen and oxygen atoms in total. The van der Waals surface area contributed by atoms with Crippen molar-refractivity contribution in [1.82, 2.24) is 5.32 Å². The molecule has 0 radical (unpaired) electrons. The smallest absolute Gasteiger partial charge is 0.303 e. The lowest BCUT2D eigenvalue weighted by molar-refractivity contribution is -0.138. The van der Waals surface area contributed by atoms with Gasteiger partial charge in [-0.2, -0.15) is 0 Å². The fraction of sp³-hybridized carbons (Fsp3) is 0.273. The first-order valence-corrected chi connectivity index (χ1v) is 5.18. The number of benzene rings is 1. The molecule has 1 amide bonds. The summed E-state index contributed by atoms with van der Waals surface area (Å²) in [6, 6.07) is 7.08. The summed E-state index contributed by atoms with van der Waals surface area (Å²) in [4.78, 5) is 21.4. The minimum atomic E-state index is -0.971. The Balaban J connectivity index is 2.31. The Bertz CT molecular complexity index is 375. The molecule has 0 fully saturated rings. The summed E-state index contributed by atoms with van der Waals surface area (Å²) in [5.74, 6) is -1.24. The predicted octanol–water partition coefficient (Wildman–Crippen LogP) is 1.82. The van der Waals surface area contributed by atoms with Gasteiger partial charge in [-0.3, -0.25) is 9.59 Å². The van der Waals surface area contributed by atoms with Gasteiger partial charge in [-0.15, -0.1) is 0 Å². The van der Waals surface area contributed by atoms with Crippen LogP contribution in [0.4, 0.5) is 0 Å². The minimum Gasteiger partial charge on any atom is -0.481 e. The van der Waals surface area contributed by atoms with Gasteiger partial charge in [-0.05, 0) is 17.7 Å². The number of carboxylic acids is 1. The van der Waals surface area contributed by atoms with Crippen molar-refractivity contribution >= 4 is 23.5 Å². The van der Waals surface area contributed by atoms with Gasteiger partial charge in [0.1, 0.15) is 0 Å². The number of nitrogens with one attached hydrogen (secondary N) is 1. The second-order valence-electron chi connectivity index (χ2n) is 3.30. The summed E-state index contributed by atoms with van der Waals surface area (Å²) in [6.45, 7) is 0.385. The molecule has 0 spiro atoms. The number of hydrogen-bond donors (Lipinski definition) is 2. The zero-order valence-electron chi connectivity index (χ0n) is 8.57. The van der Waals surface area contributed by atoms with Crippen LogP contribution in [0, 0.1) is 0 Å². The summed E-state index contributed by atoms with van der Waals surface area (Å²) in [5.41, 5.74) is 0.924. The lowest BCUT2D eigenvalue weighted by Gasteiger charge is -2.04. The van der Waals surface area contributed by atoms with E-state index in [1.807, 2.05) is 0 Å². The van der Waals surface area contributed by atoms with Crippen LogP contribution < -0.4 is 5.32 Å². The first-order chi connectivity index (χ1) is 7.58. The van der Waals surface area contributed by atoms with Crippen molar-refractivity contribution in [2.75, 3.05) is 0 Å². The van der Waals surface area contributed by atoms with Gasteiger partial charge in [-0.25, -0.2) is 0 Å².